The minimum Gasteiger partial charge on any atom is -0.379 e. The van der Waals surface area contributed by atoms with Gasteiger partial charge in [-0.2, -0.15) is 4.31 Å². The van der Waals surface area contributed by atoms with Crippen LogP contribution < -0.4 is 0 Å². The summed E-state index contributed by atoms with van der Waals surface area (Å²) in [6, 6.07) is 14.7. The molecule has 0 amide bonds. The predicted molar refractivity (Wildman–Crippen MR) is 131 cm³/mol. The molecule has 1 fully saturated rings. The van der Waals surface area contributed by atoms with Crippen molar-refractivity contribution in [3.8, 4) is 11.4 Å². The number of halogens is 1. The van der Waals surface area contributed by atoms with Crippen LogP contribution in [-0.2, 0) is 27.1 Å². The van der Waals surface area contributed by atoms with E-state index in [1.54, 1.807) is 30.0 Å². The fraction of sp³-hybridized carbons (Fsp3) is 0.391. The second kappa shape index (κ2) is 10.6. The van der Waals surface area contributed by atoms with Gasteiger partial charge in [0, 0.05) is 36.0 Å². The number of sulfonamides is 1. The van der Waals surface area contributed by atoms with Crippen molar-refractivity contribution in [2.45, 2.75) is 36.2 Å². The zero-order chi connectivity index (χ0) is 23.4. The van der Waals surface area contributed by atoms with Crippen LogP contribution in [0.1, 0.15) is 19.4 Å². The van der Waals surface area contributed by atoms with Crippen LogP contribution in [0.2, 0.25) is 5.02 Å². The maximum atomic E-state index is 13.1. The van der Waals surface area contributed by atoms with Gasteiger partial charge in [0.15, 0.2) is 11.0 Å². The smallest absolute Gasteiger partial charge is 0.243 e. The highest BCUT2D eigenvalue weighted by Crippen LogP contribution is 2.30. The number of morpholine rings is 1. The van der Waals surface area contributed by atoms with Crippen molar-refractivity contribution in [1.82, 2.24) is 19.1 Å². The van der Waals surface area contributed by atoms with Gasteiger partial charge in [-0.15, -0.1) is 10.2 Å². The second-order valence-electron chi connectivity index (χ2n) is 8.24. The molecule has 3 aromatic rings. The maximum Gasteiger partial charge on any atom is 0.243 e. The minimum absolute atomic E-state index is 0.256. The summed E-state index contributed by atoms with van der Waals surface area (Å²) in [5, 5.41) is 10.4. The SMILES string of the molecule is CC(C)Cn1c(SCc2ccccc2Cl)nnc1-c1cccc(S(=O)(=O)N2CCOCC2)c1. The molecule has 1 saturated heterocycles. The Balaban J connectivity index is 1.64. The normalized spacial score (nSPS) is 15.3. The summed E-state index contributed by atoms with van der Waals surface area (Å²) in [4.78, 5) is 0.256. The van der Waals surface area contributed by atoms with Gasteiger partial charge in [-0.05, 0) is 29.7 Å². The third-order valence-electron chi connectivity index (χ3n) is 5.28. The molecule has 1 aliphatic heterocycles. The number of hydrogen-bond acceptors (Lipinski definition) is 6. The number of hydrogen-bond donors (Lipinski definition) is 0. The molecule has 0 unspecified atom stereocenters. The first-order valence-corrected chi connectivity index (χ1v) is 13.6. The van der Waals surface area contributed by atoms with Gasteiger partial charge in [-0.1, -0.05) is 67.5 Å². The lowest BCUT2D eigenvalue weighted by Gasteiger charge is -2.26. The molecule has 2 heterocycles. The molecule has 0 bridgehead atoms. The average Bonchev–Trinajstić information content (AvgIpc) is 3.21. The zero-order valence-corrected chi connectivity index (χ0v) is 21.0. The van der Waals surface area contributed by atoms with Gasteiger partial charge in [-0.25, -0.2) is 8.42 Å². The predicted octanol–water partition coefficient (Wildman–Crippen LogP) is 4.57. The van der Waals surface area contributed by atoms with E-state index in [1.807, 2.05) is 30.3 Å². The largest absolute Gasteiger partial charge is 0.379 e. The summed E-state index contributed by atoms with van der Waals surface area (Å²) < 4.78 is 35.1. The van der Waals surface area contributed by atoms with Gasteiger partial charge in [0.05, 0.1) is 18.1 Å². The molecule has 10 heteroatoms. The summed E-state index contributed by atoms with van der Waals surface area (Å²) in [5.41, 5.74) is 1.76. The molecule has 0 atom stereocenters. The third-order valence-corrected chi connectivity index (χ3v) is 8.56. The fourth-order valence-corrected chi connectivity index (χ4v) is 6.32. The third kappa shape index (κ3) is 5.60. The van der Waals surface area contributed by atoms with Gasteiger partial charge in [-0.3, -0.25) is 0 Å². The molecular weight excluding hydrogens is 480 g/mol. The Morgan fingerprint density at radius 1 is 1.09 bits per heavy atom. The van der Waals surface area contributed by atoms with Gasteiger partial charge in [0.1, 0.15) is 0 Å². The van der Waals surface area contributed by atoms with Crippen molar-refractivity contribution in [1.29, 1.82) is 0 Å². The quantitative estimate of drug-likeness (QED) is 0.416. The Kier molecular flexibility index (Phi) is 7.76. The molecule has 0 N–H and O–H groups in total. The topological polar surface area (TPSA) is 77.3 Å². The lowest BCUT2D eigenvalue weighted by Crippen LogP contribution is -2.40. The molecular formula is C23H27ClN4O3S2. The van der Waals surface area contributed by atoms with Crippen LogP contribution in [0.25, 0.3) is 11.4 Å². The van der Waals surface area contributed by atoms with Crippen molar-refractivity contribution in [2.75, 3.05) is 26.3 Å². The summed E-state index contributed by atoms with van der Waals surface area (Å²) in [6.07, 6.45) is 0. The number of nitrogens with zero attached hydrogens (tertiary/aromatic N) is 4. The van der Waals surface area contributed by atoms with Crippen molar-refractivity contribution >= 4 is 33.4 Å². The Morgan fingerprint density at radius 2 is 1.85 bits per heavy atom. The maximum absolute atomic E-state index is 13.1. The zero-order valence-electron chi connectivity index (χ0n) is 18.6. The number of ether oxygens (including phenoxy) is 1. The molecule has 176 valence electrons. The fourth-order valence-electron chi connectivity index (χ4n) is 3.63. The number of thioether (sulfide) groups is 1. The molecule has 33 heavy (non-hydrogen) atoms. The van der Waals surface area contributed by atoms with E-state index in [0.29, 0.717) is 50.3 Å². The van der Waals surface area contributed by atoms with Crippen molar-refractivity contribution in [3.05, 3.63) is 59.1 Å². The van der Waals surface area contributed by atoms with Crippen LogP contribution >= 0.6 is 23.4 Å². The summed E-state index contributed by atoms with van der Waals surface area (Å²) in [7, 11) is -3.60. The molecule has 0 spiro atoms. The standard InChI is InChI=1S/C23H27ClN4O3S2/c1-17(2)15-28-22(25-26-23(28)32-16-19-6-3-4-9-21(19)24)18-7-5-8-20(14-18)33(29,30)27-10-12-31-13-11-27/h3-9,14,17H,10-13,15-16H2,1-2H3. The van der Waals surface area contributed by atoms with Crippen LogP contribution in [0.3, 0.4) is 0 Å². The van der Waals surface area contributed by atoms with Gasteiger partial charge >= 0.3 is 0 Å². The Labute approximate surface area is 204 Å². The highest BCUT2D eigenvalue weighted by Gasteiger charge is 2.27. The van der Waals surface area contributed by atoms with E-state index in [2.05, 4.69) is 28.6 Å². The molecule has 1 aromatic heterocycles. The van der Waals surface area contributed by atoms with Gasteiger partial charge in [0.2, 0.25) is 10.0 Å². The Bertz CT molecular complexity index is 1210. The summed E-state index contributed by atoms with van der Waals surface area (Å²) >= 11 is 7.88. The molecule has 4 rings (SSSR count). The molecule has 1 aliphatic rings. The van der Waals surface area contributed by atoms with Crippen molar-refractivity contribution < 1.29 is 13.2 Å². The first kappa shape index (κ1) is 24.2. The number of aromatic nitrogens is 3. The lowest BCUT2D eigenvalue weighted by molar-refractivity contribution is 0.0730. The summed E-state index contributed by atoms with van der Waals surface area (Å²) in [5.74, 6) is 1.69. The minimum atomic E-state index is -3.60. The highest BCUT2D eigenvalue weighted by atomic mass is 35.5. The van der Waals surface area contributed by atoms with Crippen LogP contribution in [-0.4, -0.2) is 53.8 Å². The van der Waals surface area contributed by atoms with E-state index in [9.17, 15) is 8.42 Å². The van der Waals surface area contributed by atoms with Crippen molar-refractivity contribution in [3.63, 3.8) is 0 Å². The second-order valence-corrected chi connectivity index (χ2v) is 11.5. The lowest BCUT2D eigenvalue weighted by atomic mass is 10.2. The van der Waals surface area contributed by atoms with Crippen LogP contribution in [0.5, 0.6) is 0 Å². The molecule has 0 aliphatic carbocycles. The number of benzene rings is 2. The van der Waals surface area contributed by atoms with Gasteiger partial charge in [0.25, 0.3) is 0 Å². The van der Waals surface area contributed by atoms with E-state index >= 15 is 0 Å². The number of rotatable bonds is 8. The van der Waals surface area contributed by atoms with E-state index in [0.717, 1.165) is 21.3 Å². The monoisotopic (exact) mass is 506 g/mol. The van der Waals surface area contributed by atoms with E-state index < -0.39 is 10.0 Å². The van der Waals surface area contributed by atoms with Crippen LogP contribution in [0.15, 0.2) is 58.6 Å². The highest BCUT2D eigenvalue weighted by molar-refractivity contribution is 7.98. The average molecular weight is 507 g/mol. The first-order valence-electron chi connectivity index (χ1n) is 10.8. The Morgan fingerprint density at radius 3 is 2.58 bits per heavy atom. The van der Waals surface area contributed by atoms with Crippen LogP contribution in [0, 0.1) is 5.92 Å². The Hall–Kier alpha value is -1.91. The molecule has 0 saturated carbocycles. The molecule has 7 nitrogen and oxygen atoms in total. The summed E-state index contributed by atoms with van der Waals surface area (Å²) in [6.45, 7) is 6.52. The van der Waals surface area contributed by atoms with Gasteiger partial charge < -0.3 is 9.30 Å². The van der Waals surface area contributed by atoms with E-state index in [1.165, 1.54) is 4.31 Å². The molecule has 0 radical (unpaired) electrons. The first-order chi connectivity index (χ1) is 15.9. The van der Waals surface area contributed by atoms with E-state index in [-0.39, 0.29) is 4.90 Å². The van der Waals surface area contributed by atoms with E-state index in [4.69, 9.17) is 16.3 Å². The van der Waals surface area contributed by atoms with Crippen molar-refractivity contribution in [2.24, 2.45) is 5.92 Å². The van der Waals surface area contributed by atoms with Crippen LogP contribution in [0.4, 0.5) is 0 Å². The molecule has 2 aromatic carbocycles.